The minimum Gasteiger partial charge on any atom is -0.450 e. The molecule has 3 fully saturated rings. The van der Waals surface area contributed by atoms with Crippen molar-refractivity contribution >= 4 is 40.2 Å². The summed E-state index contributed by atoms with van der Waals surface area (Å²) >= 11 is 6.62. The number of hydrogen-bond donors (Lipinski definition) is 2. The van der Waals surface area contributed by atoms with Gasteiger partial charge in [0.25, 0.3) is 5.91 Å². The zero-order chi connectivity index (χ0) is 23.0. The number of urea groups is 1. The van der Waals surface area contributed by atoms with E-state index in [0.29, 0.717) is 39.8 Å². The van der Waals surface area contributed by atoms with Crippen molar-refractivity contribution in [3.8, 4) is 0 Å². The number of halogens is 1. The lowest BCUT2D eigenvalue weighted by Gasteiger charge is -2.42. The minimum atomic E-state index is -0.511. The highest BCUT2D eigenvalue weighted by Gasteiger charge is 2.58. The summed E-state index contributed by atoms with van der Waals surface area (Å²) in [6, 6.07) is 9.39. The molecular formula is C26H25ClN4O3. The van der Waals surface area contributed by atoms with Crippen molar-refractivity contribution in [1.29, 1.82) is 0 Å². The van der Waals surface area contributed by atoms with Crippen molar-refractivity contribution in [3.05, 3.63) is 58.6 Å². The largest absolute Gasteiger partial charge is 0.450 e. The maximum atomic E-state index is 13.4. The van der Waals surface area contributed by atoms with Gasteiger partial charge in [0, 0.05) is 41.8 Å². The Bertz CT molecular complexity index is 1320. The highest BCUT2D eigenvalue weighted by atomic mass is 35.5. The van der Waals surface area contributed by atoms with E-state index in [9.17, 15) is 9.59 Å². The van der Waals surface area contributed by atoms with Crippen LogP contribution >= 0.6 is 11.6 Å². The number of nitrogens with one attached hydrogen (secondary N) is 2. The molecule has 3 atom stereocenters. The van der Waals surface area contributed by atoms with E-state index in [-0.39, 0.29) is 11.9 Å². The monoisotopic (exact) mass is 476 g/mol. The number of amides is 3. The van der Waals surface area contributed by atoms with Gasteiger partial charge in [0.15, 0.2) is 5.76 Å². The number of rotatable bonds is 2. The number of nitrogens with zero attached hydrogens (tertiary/aromatic N) is 2. The first-order chi connectivity index (χ1) is 16.5. The SMILES string of the molecule is O=C1Nc2c(Cl)cc3cc(C(=O)N4C[C@@H]5[C@H](C4)[C@H]5c4ccccn4)oc3c2C2(CCCCC2)N1. The third-order valence-electron chi connectivity index (χ3n) is 8.26. The van der Waals surface area contributed by atoms with E-state index in [0.717, 1.165) is 61.8 Å². The van der Waals surface area contributed by atoms with Gasteiger partial charge < -0.3 is 20.0 Å². The number of carbonyl (C=O) groups is 2. The maximum absolute atomic E-state index is 13.4. The molecular weight excluding hydrogens is 452 g/mol. The van der Waals surface area contributed by atoms with Crippen LogP contribution in [0.4, 0.5) is 10.5 Å². The smallest absolute Gasteiger partial charge is 0.319 e. The molecule has 0 bridgehead atoms. The lowest BCUT2D eigenvalue weighted by molar-refractivity contribution is 0.0742. The van der Waals surface area contributed by atoms with Crippen LogP contribution in [-0.2, 0) is 5.54 Å². The first kappa shape index (κ1) is 20.3. The van der Waals surface area contributed by atoms with Crippen LogP contribution in [-0.4, -0.2) is 34.9 Å². The van der Waals surface area contributed by atoms with Crippen LogP contribution in [0.25, 0.3) is 11.0 Å². The van der Waals surface area contributed by atoms with Gasteiger partial charge in [-0.3, -0.25) is 9.78 Å². The predicted octanol–water partition coefficient (Wildman–Crippen LogP) is 5.26. The molecule has 7 rings (SSSR count). The molecule has 3 aromatic rings. The van der Waals surface area contributed by atoms with E-state index in [1.54, 1.807) is 12.1 Å². The summed E-state index contributed by atoms with van der Waals surface area (Å²) in [5.74, 6) is 1.63. The molecule has 174 valence electrons. The molecule has 1 saturated heterocycles. The van der Waals surface area contributed by atoms with Crippen LogP contribution in [0.15, 0.2) is 40.9 Å². The summed E-state index contributed by atoms with van der Waals surface area (Å²) in [5, 5.41) is 7.31. The molecule has 2 aromatic heterocycles. The minimum absolute atomic E-state index is 0.0847. The molecule has 1 spiro atoms. The lowest BCUT2D eigenvalue weighted by atomic mass is 9.74. The van der Waals surface area contributed by atoms with Crippen LogP contribution in [0.1, 0.15) is 59.8 Å². The van der Waals surface area contributed by atoms with E-state index in [4.69, 9.17) is 16.0 Å². The van der Waals surface area contributed by atoms with Crippen LogP contribution in [0.3, 0.4) is 0 Å². The molecule has 8 heteroatoms. The Morgan fingerprint density at radius 2 is 1.94 bits per heavy atom. The van der Waals surface area contributed by atoms with Gasteiger partial charge in [-0.25, -0.2) is 4.79 Å². The van der Waals surface area contributed by atoms with Crippen molar-refractivity contribution < 1.29 is 14.0 Å². The number of pyridine rings is 1. The fourth-order valence-corrected chi connectivity index (χ4v) is 6.91. The van der Waals surface area contributed by atoms with Gasteiger partial charge >= 0.3 is 6.03 Å². The van der Waals surface area contributed by atoms with Gasteiger partial charge in [0.2, 0.25) is 0 Å². The molecule has 2 saturated carbocycles. The highest BCUT2D eigenvalue weighted by molar-refractivity contribution is 6.35. The number of likely N-dealkylation sites (tertiary alicyclic amines) is 1. The predicted molar refractivity (Wildman–Crippen MR) is 128 cm³/mol. The van der Waals surface area contributed by atoms with Crippen molar-refractivity contribution in [2.75, 3.05) is 18.4 Å². The first-order valence-corrected chi connectivity index (χ1v) is 12.5. The van der Waals surface area contributed by atoms with Gasteiger partial charge in [0.05, 0.1) is 16.2 Å². The Balaban J connectivity index is 1.21. The van der Waals surface area contributed by atoms with Gasteiger partial charge in [-0.15, -0.1) is 0 Å². The summed E-state index contributed by atoms with van der Waals surface area (Å²) in [6.45, 7) is 1.45. The number of hydrogen-bond acceptors (Lipinski definition) is 4. The van der Waals surface area contributed by atoms with E-state index in [1.165, 1.54) is 0 Å². The normalized spacial score (nSPS) is 26.7. The van der Waals surface area contributed by atoms with Gasteiger partial charge in [-0.05, 0) is 48.9 Å². The maximum Gasteiger partial charge on any atom is 0.319 e. The molecule has 1 aromatic carbocycles. The third kappa shape index (κ3) is 2.92. The Hall–Kier alpha value is -3.06. The Morgan fingerprint density at radius 1 is 1.15 bits per heavy atom. The molecule has 0 unspecified atom stereocenters. The van der Waals surface area contributed by atoms with Crippen LogP contribution < -0.4 is 10.6 Å². The first-order valence-electron chi connectivity index (χ1n) is 12.1. The van der Waals surface area contributed by atoms with Gasteiger partial charge in [0.1, 0.15) is 5.58 Å². The second kappa shape index (κ2) is 7.22. The standard InChI is InChI=1S/C26H25ClN4O3/c27-17-10-14-11-19(24(32)31-12-15-16(13-31)20(15)18-6-2-5-9-28-18)34-23(14)21-22(17)29-25(33)30-26(21)7-3-1-4-8-26/h2,5-6,9-11,15-16,20H,1,3-4,7-8,12-13H2,(H2,29,30,33)/t15-,16+,20+. The number of anilines is 1. The Kier molecular flexibility index (Phi) is 4.31. The van der Waals surface area contributed by atoms with E-state index >= 15 is 0 Å². The molecule has 4 aliphatic rings. The van der Waals surface area contributed by atoms with Gasteiger partial charge in [-0.1, -0.05) is 36.9 Å². The van der Waals surface area contributed by atoms with E-state index in [2.05, 4.69) is 21.7 Å². The fourth-order valence-electron chi connectivity index (χ4n) is 6.65. The topological polar surface area (TPSA) is 87.5 Å². The lowest BCUT2D eigenvalue weighted by Crippen LogP contribution is -2.52. The van der Waals surface area contributed by atoms with E-state index < -0.39 is 5.54 Å². The molecule has 7 nitrogen and oxygen atoms in total. The Morgan fingerprint density at radius 3 is 2.68 bits per heavy atom. The number of piperidine rings is 1. The summed E-state index contributed by atoms with van der Waals surface area (Å²) in [7, 11) is 0. The summed E-state index contributed by atoms with van der Waals surface area (Å²) in [4.78, 5) is 32.3. The third-order valence-corrected chi connectivity index (χ3v) is 8.56. The number of furan rings is 1. The molecule has 4 heterocycles. The van der Waals surface area contributed by atoms with Crippen LogP contribution in [0, 0.1) is 11.8 Å². The molecule has 3 amide bonds. The number of aromatic nitrogens is 1. The quantitative estimate of drug-likeness (QED) is 0.528. The van der Waals surface area contributed by atoms with Crippen molar-refractivity contribution in [3.63, 3.8) is 0 Å². The Labute approximate surface area is 201 Å². The van der Waals surface area contributed by atoms with Gasteiger partial charge in [-0.2, -0.15) is 0 Å². The average molecular weight is 477 g/mol. The molecule has 2 aliphatic heterocycles. The average Bonchev–Trinajstić information content (AvgIpc) is 3.15. The second-order valence-electron chi connectivity index (χ2n) is 10.2. The summed E-state index contributed by atoms with van der Waals surface area (Å²) < 4.78 is 6.27. The fraction of sp³-hybridized carbons (Fsp3) is 0.423. The zero-order valence-corrected chi connectivity index (χ0v) is 19.4. The molecule has 34 heavy (non-hydrogen) atoms. The second-order valence-corrected chi connectivity index (χ2v) is 10.6. The number of carbonyl (C=O) groups excluding carboxylic acids is 2. The number of benzene rings is 1. The zero-order valence-electron chi connectivity index (χ0n) is 18.6. The number of fused-ring (bicyclic) bond motifs is 5. The van der Waals surface area contributed by atoms with Crippen molar-refractivity contribution in [1.82, 2.24) is 15.2 Å². The van der Waals surface area contributed by atoms with Crippen LogP contribution in [0.5, 0.6) is 0 Å². The molecule has 0 radical (unpaired) electrons. The highest BCUT2D eigenvalue weighted by Crippen LogP contribution is 2.58. The molecule has 2 N–H and O–H groups in total. The van der Waals surface area contributed by atoms with Crippen molar-refractivity contribution in [2.45, 2.75) is 43.6 Å². The van der Waals surface area contributed by atoms with E-state index in [1.807, 2.05) is 23.2 Å². The van der Waals surface area contributed by atoms with Crippen molar-refractivity contribution in [2.24, 2.45) is 11.8 Å². The summed E-state index contributed by atoms with van der Waals surface area (Å²) in [5.41, 5.74) is 2.75. The molecule has 2 aliphatic carbocycles. The summed E-state index contributed by atoms with van der Waals surface area (Å²) in [6.07, 6.45) is 6.68. The van der Waals surface area contributed by atoms with Crippen LogP contribution in [0.2, 0.25) is 5.02 Å².